The summed E-state index contributed by atoms with van der Waals surface area (Å²) in [4.78, 5) is 0. The summed E-state index contributed by atoms with van der Waals surface area (Å²) in [6, 6.07) is -0.344. The lowest BCUT2D eigenvalue weighted by molar-refractivity contribution is -0.229. The van der Waals surface area contributed by atoms with Gasteiger partial charge in [0.15, 0.2) is 6.29 Å². The van der Waals surface area contributed by atoms with Crippen LogP contribution in [0.4, 0.5) is 0 Å². The van der Waals surface area contributed by atoms with Crippen molar-refractivity contribution in [2.24, 2.45) is 5.73 Å². The molecule has 0 amide bonds. The van der Waals surface area contributed by atoms with E-state index in [9.17, 15) is 5.11 Å². The summed E-state index contributed by atoms with van der Waals surface area (Å²) in [6.07, 6.45) is -0.0804. The number of aliphatic hydroxyl groups is 1. The maximum Gasteiger partial charge on any atom is 0.160 e. The summed E-state index contributed by atoms with van der Waals surface area (Å²) >= 11 is 0. The van der Waals surface area contributed by atoms with Gasteiger partial charge in [-0.05, 0) is 13.8 Å². The molecule has 0 aliphatic carbocycles. The van der Waals surface area contributed by atoms with Crippen LogP contribution in [-0.2, 0) is 9.47 Å². The van der Waals surface area contributed by atoms with Gasteiger partial charge >= 0.3 is 0 Å². The van der Waals surface area contributed by atoms with E-state index < -0.39 is 5.60 Å². The van der Waals surface area contributed by atoms with Crippen molar-refractivity contribution < 1.29 is 14.6 Å². The van der Waals surface area contributed by atoms with Crippen molar-refractivity contribution in [3.63, 3.8) is 0 Å². The Bertz CT molecular complexity index is 160. The highest BCUT2D eigenvalue weighted by atomic mass is 16.7. The van der Waals surface area contributed by atoms with Crippen LogP contribution in [0, 0.1) is 0 Å². The summed E-state index contributed by atoms with van der Waals surface area (Å²) in [6.45, 7) is 3.55. The molecule has 0 aromatic heterocycles. The van der Waals surface area contributed by atoms with Crippen LogP contribution >= 0.6 is 0 Å². The summed E-state index contributed by atoms with van der Waals surface area (Å²) in [5.74, 6) is 0. The van der Waals surface area contributed by atoms with E-state index in [4.69, 9.17) is 15.2 Å². The second-order valence-corrected chi connectivity index (χ2v) is 3.59. The molecule has 0 radical (unpaired) electrons. The minimum atomic E-state index is -0.891. The van der Waals surface area contributed by atoms with Crippen molar-refractivity contribution >= 4 is 0 Å². The van der Waals surface area contributed by atoms with Crippen molar-refractivity contribution in [2.45, 2.75) is 44.3 Å². The van der Waals surface area contributed by atoms with Gasteiger partial charge in [-0.3, -0.25) is 0 Å². The number of ether oxygens (including phenoxy) is 2. The zero-order valence-corrected chi connectivity index (χ0v) is 7.78. The van der Waals surface area contributed by atoms with Gasteiger partial charge in [0.1, 0.15) is 0 Å². The predicted molar refractivity (Wildman–Crippen MR) is 44.6 cm³/mol. The van der Waals surface area contributed by atoms with E-state index in [1.165, 1.54) is 0 Å². The molecule has 0 aromatic rings. The Morgan fingerprint density at radius 3 is 2.67 bits per heavy atom. The third-order valence-corrected chi connectivity index (χ3v) is 2.43. The lowest BCUT2D eigenvalue weighted by Gasteiger charge is -2.42. The van der Waals surface area contributed by atoms with Crippen molar-refractivity contribution in [1.82, 2.24) is 0 Å². The average molecular weight is 175 g/mol. The van der Waals surface area contributed by atoms with Crippen LogP contribution < -0.4 is 5.73 Å². The molecule has 1 fully saturated rings. The molecule has 0 aromatic carbocycles. The SMILES string of the molecule is CO[C@H]1C[C@@](C)(O)[C@H](N)[C@H](C)O1. The van der Waals surface area contributed by atoms with Gasteiger partial charge in [0.25, 0.3) is 0 Å². The molecule has 0 saturated carbocycles. The Balaban J connectivity index is 2.65. The summed E-state index contributed by atoms with van der Waals surface area (Å²) in [7, 11) is 1.56. The number of hydrogen-bond donors (Lipinski definition) is 2. The number of nitrogens with two attached hydrogens (primary N) is 1. The molecule has 4 nitrogen and oxygen atoms in total. The molecule has 12 heavy (non-hydrogen) atoms. The second-order valence-electron chi connectivity index (χ2n) is 3.59. The third kappa shape index (κ3) is 1.77. The molecule has 1 aliphatic rings. The highest BCUT2D eigenvalue weighted by molar-refractivity contribution is 4.93. The van der Waals surface area contributed by atoms with Crippen LogP contribution in [-0.4, -0.2) is 36.3 Å². The van der Waals surface area contributed by atoms with Crippen LogP contribution in [0.15, 0.2) is 0 Å². The summed E-state index contributed by atoms with van der Waals surface area (Å²) in [5, 5.41) is 9.83. The van der Waals surface area contributed by atoms with Gasteiger partial charge in [-0.15, -0.1) is 0 Å². The molecule has 0 spiro atoms. The van der Waals surface area contributed by atoms with Crippen LogP contribution in [0.2, 0.25) is 0 Å². The predicted octanol–water partition coefficient (Wildman–Crippen LogP) is -0.154. The second kappa shape index (κ2) is 3.30. The van der Waals surface area contributed by atoms with Crippen LogP contribution in [0.3, 0.4) is 0 Å². The first-order chi connectivity index (χ1) is 5.47. The maximum absolute atomic E-state index is 9.83. The normalized spacial score (nSPS) is 49.2. The zero-order chi connectivity index (χ0) is 9.35. The molecule has 1 aliphatic heterocycles. The molecule has 1 rings (SSSR count). The monoisotopic (exact) mass is 175 g/mol. The topological polar surface area (TPSA) is 64.7 Å². The van der Waals surface area contributed by atoms with Crippen molar-refractivity contribution in [3.8, 4) is 0 Å². The van der Waals surface area contributed by atoms with Crippen LogP contribution in [0.1, 0.15) is 20.3 Å². The van der Waals surface area contributed by atoms with Crippen LogP contribution in [0.5, 0.6) is 0 Å². The number of methoxy groups -OCH3 is 1. The van der Waals surface area contributed by atoms with E-state index in [-0.39, 0.29) is 18.4 Å². The lowest BCUT2D eigenvalue weighted by Crippen LogP contribution is -2.59. The van der Waals surface area contributed by atoms with Gasteiger partial charge in [0, 0.05) is 13.5 Å². The van der Waals surface area contributed by atoms with Crippen molar-refractivity contribution in [3.05, 3.63) is 0 Å². The fourth-order valence-corrected chi connectivity index (χ4v) is 1.49. The molecule has 1 heterocycles. The van der Waals surface area contributed by atoms with E-state index >= 15 is 0 Å². The largest absolute Gasteiger partial charge is 0.388 e. The van der Waals surface area contributed by atoms with Gasteiger partial charge in [-0.1, -0.05) is 0 Å². The van der Waals surface area contributed by atoms with E-state index in [0.29, 0.717) is 6.42 Å². The van der Waals surface area contributed by atoms with E-state index in [2.05, 4.69) is 0 Å². The van der Waals surface area contributed by atoms with Gasteiger partial charge in [0.2, 0.25) is 0 Å². The molecule has 4 atom stereocenters. The Kier molecular flexibility index (Phi) is 2.73. The molecule has 72 valence electrons. The van der Waals surface area contributed by atoms with E-state index in [1.54, 1.807) is 14.0 Å². The zero-order valence-electron chi connectivity index (χ0n) is 7.78. The van der Waals surface area contributed by atoms with Crippen molar-refractivity contribution in [2.75, 3.05) is 7.11 Å². The minimum absolute atomic E-state index is 0.168. The van der Waals surface area contributed by atoms with Crippen LogP contribution in [0.25, 0.3) is 0 Å². The fraction of sp³-hybridized carbons (Fsp3) is 1.00. The standard InChI is InChI=1S/C8H17NO3/c1-5-7(9)8(2,10)4-6(11-3)12-5/h5-7,10H,4,9H2,1-3H3/t5-,6+,7+,8+/m0/s1. The molecular weight excluding hydrogens is 158 g/mol. The fourth-order valence-electron chi connectivity index (χ4n) is 1.49. The van der Waals surface area contributed by atoms with Gasteiger partial charge in [0.05, 0.1) is 17.7 Å². The first-order valence-corrected chi connectivity index (χ1v) is 4.13. The van der Waals surface area contributed by atoms with Gasteiger partial charge in [-0.2, -0.15) is 0 Å². The highest BCUT2D eigenvalue weighted by Gasteiger charge is 2.41. The number of hydrogen-bond acceptors (Lipinski definition) is 4. The smallest absolute Gasteiger partial charge is 0.160 e. The molecule has 1 saturated heterocycles. The Morgan fingerprint density at radius 2 is 2.25 bits per heavy atom. The lowest BCUT2D eigenvalue weighted by atomic mass is 9.87. The first-order valence-electron chi connectivity index (χ1n) is 4.13. The summed E-state index contributed by atoms with van der Waals surface area (Å²) < 4.78 is 10.4. The Labute approximate surface area is 72.6 Å². The van der Waals surface area contributed by atoms with Gasteiger partial charge in [-0.25, -0.2) is 0 Å². The molecule has 3 N–H and O–H groups in total. The minimum Gasteiger partial charge on any atom is -0.388 e. The number of rotatable bonds is 1. The molecule has 0 bridgehead atoms. The average Bonchev–Trinajstić information content (AvgIpc) is 1.99. The molecule has 0 unspecified atom stereocenters. The Morgan fingerprint density at radius 1 is 1.67 bits per heavy atom. The quantitative estimate of drug-likeness (QED) is 0.581. The molecule has 4 heteroatoms. The Hall–Kier alpha value is -0.160. The molecular formula is C8H17NO3. The maximum atomic E-state index is 9.83. The van der Waals surface area contributed by atoms with Crippen molar-refractivity contribution in [1.29, 1.82) is 0 Å². The van der Waals surface area contributed by atoms with E-state index in [1.807, 2.05) is 6.92 Å². The van der Waals surface area contributed by atoms with Gasteiger partial charge < -0.3 is 20.3 Å². The first kappa shape index (κ1) is 9.92. The summed E-state index contributed by atoms with van der Waals surface area (Å²) in [5.41, 5.74) is 4.85. The third-order valence-electron chi connectivity index (χ3n) is 2.43. The van der Waals surface area contributed by atoms with E-state index in [0.717, 1.165) is 0 Å². The highest BCUT2D eigenvalue weighted by Crippen LogP contribution is 2.27.